The van der Waals surface area contributed by atoms with Gasteiger partial charge in [0.15, 0.2) is 0 Å². The van der Waals surface area contributed by atoms with Crippen LogP contribution in [-0.2, 0) is 17.8 Å². The molecule has 2 amide bonds. The van der Waals surface area contributed by atoms with Crippen LogP contribution in [0.1, 0.15) is 30.6 Å². The van der Waals surface area contributed by atoms with Gasteiger partial charge in [-0.15, -0.1) is 0 Å². The zero-order valence-corrected chi connectivity index (χ0v) is 14.5. The van der Waals surface area contributed by atoms with Gasteiger partial charge in [0.2, 0.25) is 0 Å². The lowest BCUT2D eigenvalue weighted by Gasteiger charge is -2.06. The summed E-state index contributed by atoms with van der Waals surface area (Å²) >= 11 is 0.974. The quantitative estimate of drug-likeness (QED) is 0.559. The van der Waals surface area contributed by atoms with Crippen molar-refractivity contribution in [2.45, 2.75) is 32.3 Å². The number of imide groups is 1. The van der Waals surface area contributed by atoms with Gasteiger partial charge < -0.3 is 9.15 Å². The van der Waals surface area contributed by atoms with Crippen molar-refractivity contribution in [1.29, 1.82) is 0 Å². The van der Waals surface area contributed by atoms with Crippen LogP contribution in [0.5, 0.6) is 5.75 Å². The van der Waals surface area contributed by atoms with Gasteiger partial charge in [-0.05, 0) is 67.3 Å². The van der Waals surface area contributed by atoms with Gasteiger partial charge >= 0.3 is 0 Å². The minimum absolute atomic E-state index is 0.278. The van der Waals surface area contributed by atoms with Crippen LogP contribution in [0.25, 0.3) is 0 Å². The monoisotopic (exact) mass is 357 g/mol. The third-order valence-corrected chi connectivity index (χ3v) is 4.64. The third kappa shape index (κ3) is 5.26. The molecule has 1 saturated heterocycles. The fourth-order valence-corrected chi connectivity index (χ4v) is 3.16. The second-order valence-electron chi connectivity index (χ2n) is 5.67. The van der Waals surface area contributed by atoms with Gasteiger partial charge in [0, 0.05) is 0 Å². The minimum Gasteiger partial charge on any atom is -0.486 e. The number of rotatable bonds is 8. The molecule has 2 aromatic rings. The first-order valence-electron chi connectivity index (χ1n) is 8.18. The maximum atomic E-state index is 11.4. The van der Waals surface area contributed by atoms with Crippen LogP contribution >= 0.6 is 11.8 Å². The molecule has 0 unspecified atom stereocenters. The smallest absolute Gasteiger partial charge is 0.290 e. The molecule has 0 spiro atoms. The van der Waals surface area contributed by atoms with E-state index in [-0.39, 0.29) is 11.1 Å². The molecule has 0 aliphatic carbocycles. The van der Waals surface area contributed by atoms with E-state index in [1.54, 1.807) is 6.26 Å². The Bertz CT molecular complexity index is 750. The first-order chi connectivity index (χ1) is 12.2. The van der Waals surface area contributed by atoms with Crippen molar-refractivity contribution >= 4 is 22.9 Å². The van der Waals surface area contributed by atoms with Crippen LogP contribution in [0.3, 0.4) is 0 Å². The molecular formula is C19H19NO4S. The number of unbranched alkanes of at least 4 members (excludes halogenated alkanes) is 2. The van der Waals surface area contributed by atoms with E-state index in [4.69, 9.17) is 9.15 Å². The highest BCUT2D eigenvalue weighted by Gasteiger charge is 2.24. The standard InChI is InChI=1S/C19H19NO4S/c21-18-17(25-19(22)20-18)7-3-1-2-5-14-8-10-15(11-9-14)24-13-16-6-4-12-23-16/h4,6-12H,1-3,5,13H2,(H,20,21,22). The van der Waals surface area contributed by atoms with E-state index in [1.807, 2.05) is 30.3 Å². The van der Waals surface area contributed by atoms with Gasteiger partial charge in [-0.3, -0.25) is 14.9 Å². The largest absolute Gasteiger partial charge is 0.486 e. The number of thioether (sulfide) groups is 1. The van der Waals surface area contributed by atoms with Crippen LogP contribution in [0.4, 0.5) is 4.79 Å². The van der Waals surface area contributed by atoms with Gasteiger partial charge in [0.1, 0.15) is 18.1 Å². The number of ether oxygens (including phenoxy) is 1. The van der Waals surface area contributed by atoms with Crippen molar-refractivity contribution in [1.82, 2.24) is 5.32 Å². The molecule has 2 heterocycles. The van der Waals surface area contributed by atoms with Crippen molar-refractivity contribution in [2.75, 3.05) is 0 Å². The fourth-order valence-electron chi connectivity index (χ4n) is 2.47. The number of furan rings is 1. The summed E-state index contributed by atoms with van der Waals surface area (Å²) in [5.41, 5.74) is 1.25. The second-order valence-corrected chi connectivity index (χ2v) is 6.68. The van der Waals surface area contributed by atoms with Gasteiger partial charge in [-0.2, -0.15) is 0 Å². The molecule has 1 aromatic heterocycles. The van der Waals surface area contributed by atoms with Gasteiger partial charge in [0.25, 0.3) is 11.1 Å². The van der Waals surface area contributed by atoms with E-state index in [0.29, 0.717) is 11.5 Å². The molecule has 0 atom stereocenters. The Kier molecular flexibility index (Phi) is 5.95. The molecular weight excluding hydrogens is 338 g/mol. The van der Waals surface area contributed by atoms with E-state index in [1.165, 1.54) is 5.56 Å². The topological polar surface area (TPSA) is 68.5 Å². The molecule has 0 bridgehead atoms. The molecule has 25 heavy (non-hydrogen) atoms. The highest BCUT2D eigenvalue weighted by Crippen LogP contribution is 2.24. The Morgan fingerprint density at radius 1 is 1.12 bits per heavy atom. The fraction of sp³-hybridized carbons (Fsp3) is 0.263. The SMILES string of the molecule is O=C1NC(=O)C(=CCCCCc2ccc(OCc3ccco3)cc2)S1. The van der Waals surface area contributed by atoms with Crippen LogP contribution < -0.4 is 10.1 Å². The minimum atomic E-state index is -0.286. The van der Waals surface area contributed by atoms with Crippen LogP contribution in [0.15, 0.2) is 58.1 Å². The van der Waals surface area contributed by atoms with E-state index in [0.717, 1.165) is 49.0 Å². The average molecular weight is 357 g/mol. The summed E-state index contributed by atoms with van der Waals surface area (Å²) in [5.74, 6) is 1.34. The number of carbonyl (C=O) groups is 2. The molecule has 6 heteroatoms. The molecule has 130 valence electrons. The summed E-state index contributed by atoms with van der Waals surface area (Å²) < 4.78 is 10.9. The van der Waals surface area contributed by atoms with Crippen LogP contribution in [0, 0.1) is 0 Å². The Hall–Kier alpha value is -2.47. The maximum absolute atomic E-state index is 11.4. The zero-order chi connectivity index (χ0) is 17.5. The third-order valence-electron chi connectivity index (χ3n) is 3.78. The van der Waals surface area contributed by atoms with Crippen LogP contribution in [-0.4, -0.2) is 11.1 Å². The molecule has 0 radical (unpaired) electrons. The molecule has 5 nitrogen and oxygen atoms in total. The maximum Gasteiger partial charge on any atom is 0.290 e. The molecule has 1 aliphatic heterocycles. The Balaban J connectivity index is 1.36. The lowest BCUT2D eigenvalue weighted by molar-refractivity contribution is -0.115. The predicted octanol–water partition coefficient (Wildman–Crippen LogP) is 4.44. The number of carbonyl (C=O) groups excluding carboxylic acids is 2. The van der Waals surface area contributed by atoms with Gasteiger partial charge in [-0.25, -0.2) is 0 Å². The lowest BCUT2D eigenvalue weighted by Crippen LogP contribution is -2.17. The average Bonchev–Trinajstić information content (AvgIpc) is 3.23. The van der Waals surface area contributed by atoms with E-state index in [9.17, 15) is 9.59 Å². The molecule has 1 aromatic carbocycles. The summed E-state index contributed by atoms with van der Waals surface area (Å²) in [6.45, 7) is 0.426. The number of amides is 2. The summed E-state index contributed by atoms with van der Waals surface area (Å²) in [7, 11) is 0. The van der Waals surface area contributed by atoms with Crippen molar-refractivity contribution in [3.63, 3.8) is 0 Å². The summed E-state index contributed by atoms with van der Waals surface area (Å²) in [4.78, 5) is 23.0. The number of aryl methyl sites for hydroxylation is 1. The molecule has 1 N–H and O–H groups in total. The summed E-state index contributed by atoms with van der Waals surface area (Å²) in [5, 5.41) is 1.97. The van der Waals surface area contributed by atoms with Gasteiger partial charge in [-0.1, -0.05) is 18.2 Å². The second kappa shape index (κ2) is 8.58. The molecule has 3 rings (SSSR count). The van der Waals surface area contributed by atoms with Crippen LogP contribution in [0.2, 0.25) is 0 Å². The van der Waals surface area contributed by atoms with Crippen molar-refractivity contribution in [2.24, 2.45) is 0 Å². The molecule has 0 saturated carbocycles. The lowest BCUT2D eigenvalue weighted by atomic mass is 10.1. The Morgan fingerprint density at radius 2 is 1.96 bits per heavy atom. The van der Waals surface area contributed by atoms with Crippen molar-refractivity contribution in [3.05, 3.63) is 65.0 Å². The zero-order valence-electron chi connectivity index (χ0n) is 13.7. The number of benzene rings is 1. The van der Waals surface area contributed by atoms with E-state index < -0.39 is 0 Å². The van der Waals surface area contributed by atoms with E-state index >= 15 is 0 Å². The highest BCUT2D eigenvalue weighted by atomic mass is 32.2. The van der Waals surface area contributed by atoms with Gasteiger partial charge in [0.05, 0.1) is 11.2 Å². The molecule has 1 fully saturated rings. The first-order valence-corrected chi connectivity index (χ1v) is 9.00. The first kappa shape index (κ1) is 17.4. The Labute approximate surface area is 150 Å². The summed E-state index contributed by atoms with van der Waals surface area (Å²) in [6, 6.07) is 11.8. The highest BCUT2D eigenvalue weighted by molar-refractivity contribution is 8.18. The normalized spacial score (nSPS) is 15.6. The number of allylic oxidation sites excluding steroid dienone is 1. The van der Waals surface area contributed by atoms with E-state index in [2.05, 4.69) is 17.4 Å². The Morgan fingerprint density at radius 3 is 2.64 bits per heavy atom. The summed E-state index contributed by atoms with van der Waals surface area (Å²) in [6.07, 6.45) is 7.25. The number of hydrogen-bond donors (Lipinski definition) is 1. The molecule has 1 aliphatic rings. The predicted molar refractivity (Wildman–Crippen MR) is 96.2 cm³/mol. The number of hydrogen-bond acceptors (Lipinski definition) is 5. The number of nitrogens with one attached hydrogen (secondary N) is 1. The van der Waals surface area contributed by atoms with Crippen molar-refractivity contribution < 1.29 is 18.7 Å². The van der Waals surface area contributed by atoms with Crippen molar-refractivity contribution in [3.8, 4) is 5.75 Å².